The molecule has 1 N–H and O–H groups in total. The van der Waals surface area contributed by atoms with Crippen molar-refractivity contribution in [1.29, 1.82) is 0 Å². The van der Waals surface area contributed by atoms with Gasteiger partial charge in [-0.1, -0.05) is 34.6 Å². The van der Waals surface area contributed by atoms with Crippen molar-refractivity contribution in [3.05, 3.63) is 0 Å². The third-order valence-electron chi connectivity index (χ3n) is 4.33. The molecule has 0 saturated carbocycles. The predicted octanol–water partition coefficient (Wildman–Crippen LogP) is 3.52. The molecule has 1 heterocycles. The van der Waals surface area contributed by atoms with Crippen LogP contribution in [0.25, 0.3) is 0 Å². The summed E-state index contributed by atoms with van der Waals surface area (Å²) in [5.41, 5.74) is 0.482. The number of piperidine rings is 1. The van der Waals surface area contributed by atoms with E-state index in [4.69, 9.17) is 0 Å². The Morgan fingerprint density at radius 3 is 2.33 bits per heavy atom. The molecular formula is C16H34N2. The van der Waals surface area contributed by atoms with E-state index in [1.807, 2.05) is 0 Å². The number of nitrogens with one attached hydrogen (secondary N) is 1. The normalized spacial score (nSPS) is 25.3. The molecule has 0 aromatic rings. The average molecular weight is 254 g/mol. The van der Waals surface area contributed by atoms with Crippen molar-refractivity contribution in [3.63, 3.8) is 0 Å². The molecule has 0 radical (unpaired) electrons. The maximum absolute atomic E-state index is 3.58. The molecule has 108 valence electrons. The Kier molecular flexibility index (Phi) is 6.65. The number of nitrogens with zero attached hydrogens (tertiary/aromatic N) is 1. The largest absolute Gasteiger partial charge is 0.316 e. The van der Waals surface area contributed by atoms with Crippen LogP contribution in [0, 0.1) is 11.3 Å². The monoisotopic (exact) mass is 254 g/mol. The van der Waals surface area contributed by atoms with Gasteiger partial charge in [-0.05, 0) is 43.6 Å². The highest BCUT2D eigenvalue weighted by Gasteiger charge is 2.31. The summed E-state index contributed by atoms with van der Waals surface area (Å²) >= 11 is 0. The van der Waals surface area contributed by atoms with E-state index in [0.717, 1.165) is 12.0 Å². The van der Waals surface area contributed by atoms with Crippen molar-refractivity contribution in [2.75, 3.05) is 26.2 Å². The predicted molar refractivity (Wildman–Crippen MR) is 81.0 cm³/mol. The Morgan fingerprint density at radius 1 is 1.22 bits per heavy atom. The van der Waals surface area contributed by atoms with Crippen LogP contribution in [0.15, 0.2) is 0 Å². The third-order valence-corrected chi connectivity index (χ3v) is 4.33. The first-order valence-electron chi connectivity index (χ1n) is 7.95. The van der Waals surface area contributed by atoms with Gasteiger partial charge in [-0.25, -0.2) is 0 Å². The van der Waals surface area contributed by atoms with E-state index >= 15 is 0 Å². The van der Waals surface area contributed by atoms with Crippen molar-refractivity contribution >= 4 is 0 Å². The Morgan fingerprint density at radius 2 is 1.89 bits per heavy atom. The lowest BCUT2D eigenvalue weighted by atomic mass is 9.81. The first-order valence-corrected chi connectivity index (χ1v) is 7.95. The highest BCUT2D eigenvalue weighted by Crippen LogP contribution is 2.28. The van der Waals surface area contributed by atoms with Crippen LogP contribution in [0.1, 0.15) is 60.3 Å². The maximum atomic E-state index is 3.58. The summed E-state index contributed by atoms with van der Waals surface area (Å²) in [6.45, 7) is 16.8. The zero-order valence-electron chi connectivity index (χ0n) is 13.3. The van der Waals surface area contributed by atoms with Gasteiger partial charge in [0.1, 0.15) is 0 Å². The molecule has 18 heavy (non-hydrogen) atoms. The molecule has 1 fully saturated rings. The van der Waals surface area contributed by atoms with Crippen molar-refractivity contribution in [2.45, 2.75) is 66.3 Å². The molecule has 0 aromatic heterocycles. The highest BCUT2D eigenvalue weighted by atomic mass is 15.2. The molecule has 1 atom stereocenters. The van der Waals surface area contributed by atoms with Crippen molar-refractivity contribution in [3.8, 4) is 0 Å². The molecule has 1 unspecified atom stereocenters. The minimum absolute atomic E-state index is 0.482. The second-order valence-electron chi connectivity index (χ2n) is 6.88. The molecule has 1 aliphatic rings. The molecule has 2 nitrogen and oxygen atoms in total. The van der Waals surface area contributed by atoms with Crippen LogP contribution < -0.4 is 5.32 Å². The van der Waals surface area contributed by atoms with Crippen LogP contribution in [0.4, 0.5) is 0 Å². The van der Waals surface area contributed by atoms with E-state index in [9.17, 15) is 0 Å². The number of hydrogen-bond acceptors (Lipinski definition) is 2. The quantitative estimate of drug-likeness (QED) is 0.748. The summed E-state index contributed by atoms with van der Waals surface area (Å²) in [6.07, 6.45) is 5.29. The van der Waals surface area contributed by atoms with Crippen LogP contribution in [0.2, 0.25) is 0 Å². The Hall–Kier alpha value is -0.0800. The zero-order valence-corrected chi connectivity index (χ0v) is 13.3. The fraction of sp³-hybridized carbons (Fsp3) is 1.00. The van der Waals surface area contributed by atoms with Crippen molar-refractivity contribution in [1.82, 2.24) is 10.2 Å². The first-order chi connectivity index (χ1) is 8.50. The Balaban J connectivity index is 2.63. The topological polar surface area (TPSA) is 15.3 Å². The van der Waals surface area contributed by atoms with Gasteiger partial charge in [0, 0.05) is 25.7 Å². The van der Waals surface area contributed by atoms with Crippen LogP contribution >= 0.6 is 0 Å². The minimum Gasteiger partial charge on any atom is -0.316 e. The highest BCUT2D eigenvalue weighted by molar-refractivity contribution is 4.86. The van der Waals surface area contributed by atoms with E-state index in [0.29, 0.717) is 5.41 Å². The van der Waals surface area contributed by atoms with Gasteiger partial charge in [-0.2, -0.15) is 0 Å². The summed E-state index contributed by atoms with van der Waals surface area (Å²) in [5, 5.41) is 3.58. The van der Waals surface area contributed by atoms with Crippen LogP contribution in [0.3, 0.4) is 0 Å². The van der Waals surface area contributed by atoms with Gasteiger partial charge in [0.15, 0.2) is 0 Å². The molecule has 1 rings (SSSR count). The third kappa shape index (κ3) is 4.89. The fourth-order valence-corrected chi connectivity index (χ4v) is 3.36. The maximum Gasteiger partial charge on any atom is 0.00903 e. The standard InChI is InChI=1S/C16H34N2/c1-6-15(7-2)18(11-14(3)4)13-16(5)9-8-10-17-12-16/h14-15,17H,6-13H2,1-5H3. The van der Waals surface area contributed by atoms with E-state index < -0.39 is 0 Å². The van der Waals surface area contributed by atoms with E-state index in [2.05, 4.69) is 44.8 Å². The lowest BCUT2D eigenvalue weighted by Crippen LogP contribution is -2.49. The second-order valence-corrected chi connectivity index (χ2v) is 6.88. The molecule has 0 aliphatic carbocycles. The van der Waals surface area contributed by atoms with Crippen molar-refractivity contribution in [2.24, 2.45) is 11.3 Å². The summed E-state index contributed by atoms with van der Waals surface area (Å²) in [5.74, 6) is 0.769. The van der Waals surface area contributed by atoms with Gasteiger partial charge < -0.3 is 5.32 Å². The number of hydrogen-bond donors (Lipinski definition) is 1. The lowest BCUT2D eigenvalue weighted by Gasteiger charge is -2.42. The summed E-state index contributed by atoms with van der Waals surface area (Å²) < 4.78 is 0. The van der Waals surface area contributed by atoms with E-state index in [1.54, 1.807) is 0 Å². The van der Waals surface area contributed by atoms with Gasteiger partial charge in [-0.3, -0.25) is 4.90 Å². The van der Waals surface area contributed by atoms with Gasteiger partial charge >= 0.3 is 0 Å². The second kappa shape index (κ2) is 7.49. The molecule has 0 bridgehead atoms. The van der Waals surface area contributed by atoms with Gasteiger partial charge in [0.2, 0.25) is 0 Å². The Labute approximate surface area is 115 Å². The first kappa shape index (κ1) is 16.0. The van der Waals surface area contributed by atoms with E-state index in [-0.39, 0.29) is 0 Å². The molecule has 0 aromatic carbocycles. The van der Waals surface area contributed by atoms with Gasteiger partial charge in [0.25, 0.3) is 0 Å². The number of rotatable bonds is 7. The van der Waals surface area contributed by atoms with Crippen molar-refractivity contribution < 1.29 is 0 Å². The molecule has 1 saturated heterocycles. The van der Waals surface area contributed by atoms with Crippen LogP contribution in [-0.2, 0) is 0 Å². The van der Waals surface area contributed by atoms with Crippen LogP contribution in [0.5, 0.6) is 0 Å². The molecule has 0 spiro atoms. The van der Waals surface area contributed by atoms with Gasteiger partial charge in [0.05, 0.1) is 0 Å². The SMILES string of the molecule is CCC(CC)N(CC(C)C)CC1(C)CCCNC1. The fourth-order valence-electron chi connectivity index (χ4n) is 3.36. The lowest BCUT2D eigenvalue weighted by molar-refractivity contribution is 0.0831. The van der Waals surface area contributed by atoms with E-state index in [1.165, 1.54) is 51.9 Å². The zero-order chi connectivity index (χ0) is 13.6. The summed E-state index contributed by atoms with van der Waals surface area (Å²) in [7, 11) is 0. The Bertz CT molecular complexity index is 215. The molecular weight excluding hydrogens is 220 g/mol. The minimum atomic E-state index is 0.482. The summed E-state index contributed by atoms with van der Waals surface area (Å²) in [6, 6.07) is 0.770. The molecule has 0 amide bonds. The smallest absolute Gasteiger partial charge is 0.00903 e. The van der Waals surface area contributed by atoms with Crippen LogP contribution in [-0.4, -0.2) is 37.1 Å². The molecule has 1 aliphatic heterocycles. The average Bonchev–Trinajstić information content (AvgIpc) is 2.30. The summed E-state index contributed by atoms with van der Waals surface area (Å²) in [4.78, 5) is 2.76. The van der Waals surface area contributed by atoms with Gasteiger partial charge in [-0.15, -0.1) is 0 Å². The molecule has 2 heteroatoms.